The Bertz CT molecular complexity index is 2800. The van der Waals surface area contributed by atoms with Crippen LogP contribution in [0.3, 0.4) is 0 Å². The number of para-hydroxylation sites is 2. The molecule has 0 radical (unpaired) electrons. The third-order valence-corrected chi connectivity index (χ3v) is 12.1. The van der Waals surface area contributed by atoms with Crippen LogP contribution in [-0.4, -0.2) is 24.1 Å². The fourth-order valence-electron chi connectivity index (χ4n) is 9.15. The maximum atomic E-state index is 5.28. The number of nitrogens with zero attached hydrogens (tertiary/aromatic N) is 5. The van der Waals surface area contributed by atoms with Crippen LogP contribution in [0.15, 0.2) is 140 Å². The van der Waals surface area contributed by atoms with Crippen molar-refractivity contribution in [3.05, 3.63) is 151 Å². The monoisotopic (exact) mass is 673 g/mol. The molecular weight excluding hydrogens is 635 g/mol. The molecule has 5 nitrogen and oxygen atoms in total. The van der Waals surface area contributed by atoms with E-state index < -0.39 is 0 Å². The summed E-state index contributed by atoms with van der Waals surface area (Å²) in [6.45, 7) is 12.1. The van der Waals surface area contributed by atoms with Crippen LogP contribution in [0.2, 0.25) is 0 Å². The molecule has 0 N–H and O–H groups in total. The van der Waals surface area contributed by atoms with Crippen molar-refractivity contribution >= 4 is 43.6 Å². The van der Waals surface area contributed by atoms with Gasteiger partial charge >= 0.3 is 0 Å². The molecule has 0 amide bonds. The molecule has 3 heterocycles. The Balaban J connectivity index is 1.39. The maximum absolute atomic E-state index is 5.28. The lowest BCUT2D eigenvalue weighted by Crippen LogP contribution is -2.31. The van der Waals surface area contributed by atoms with Gasteiger partial charge in [-0.2, -0.15) is 9.97 Å². The fourth-order valence-corrected chi connectivity index (χ4v) is 9.15. The predicted octanol–water partition coefficient (Wildman–Crippen LogP) is 11.6. The van der Waals surface area contributed by atoms with Crippen molar-refractivity contribution in [3.63, 3.8) is 0 Å². The molecule has 52 heavy (non-hydrogen) atoms. The minimum Gasteiger partial charge on any atom is -0.307 e. The van der Waals surface area contributed by atoms with Crippen LogP contribution in [0.4, 0.5) is 0 Å². The molecule has 9 aromatic rings. The SMILES string of the molecule is CC1C(C)(C)c2cccc(-n3c4ccccc4c4ccc5c6ccccc6n(-c6nc(-c7ccccc7)nc(-c7ccccc7)n6)c5c43)c2C1(C)C. The molecule has 3 aromatic heterocycles. The molecule has 0 aliphatic heterocycles. The van der Waals surface area contributed by atoms with Crippen molar-refractivity contribution in [1.29, 1.82) is 0 Å². The maximum Gasteiger partial charge on any atom is 0.238 e. The Hall–Kier alpha value is -6.07. The van der Waals surface area contributed by atoms with Crippen LogP contribution >= 0.6 is 0 Å². The average Bonchev–Trinajstić information content (AvgIpc) is 3.75. The van der Waals surface area contributed by atoms with E-state index in [-0.39, 0.29) is 10.8 Å². The first kappa shape index (κ1) is 30.7. The Morgan fingerprint density at radius 3 is 1.54 bits per heavy atom. The van der Waals surface area contributed by atoms with Gasteiger partial charge in [-0.3, -0.25) is 4.57 Å². The second-order valence-corrected chi connectivity index (χ2v) is 15.4. The minimum atomic E-state index is -0.0445. The molecule has 6 aromatic carbocycles. The van der Waals surface area contributed by atoms with Crippen LogP contribution in [0.1, 0.15) is 45.7 Å². The Kier molecular flexibility index (Phi) is 6.48. The number of rotatable bonds is 4. The number of benzene rings is 6. The van der Waals surface area contributed by atoms with Crippen molar-refractivity contribution in [2.75, 3.05) is 0 Å². The van der Waals surface area contributed by atoms with E-state index in [1.807, 2.05) is 36.4 Å². The van der Waals surface area contributed by atoms with Crippen molar-refractivity contribution in [2.24, 2.45) is 5.92 Å². The summed E-state index contributed by atoms with van der Waals surface area (Å²) in [6, 6.07) is 49.5. The van der Waals surface area contributed by atoms with E-state index in [1.54, 1.807) is 0 Å². The molecule has 10 rings (SSSR count). The highest BCUT2D eigenvalue weighted by Crippen LogP contribution is 2.56. The Morgan fingerprint density at radius 1 is 0.462 bits per heavy atom. The molecule has 1 aliphatic carbocycles. The molecule has 5 heteroatoms. The van der Waals surface area contributed by atoms with E-state index in [1.165, 1.54) is 33.1 Å². The molecule has 0 spiro atoms. The highest BCUT2D eigenvalue weighted by Gasteiger charge is 2.50. The normalized spacial score (nSPS) is 16.3. The highest BCUT2D eigenvalue weighted by molar-refractivity contribution is 6.23. The Labute approximate surface area is 303 Å². The number of aromatic nitrogens is 5. The van der Waals surface area contributed by atoms with Crippen LogP contribution < -0.4 is 0 Å². The van der Waals surface area contributed by atoms with Crippen molar-refractivity contribution in [3.8, 4) is 34.4 Å². The minimum absolute atomic E-state index is 0.0321. The molecule has 252 valence electrons. The van der Waals surface area contributed by atoms with E-state index >= 15 is 0 Å². The van der Waals surface area contributed by atoms with Crippen molar-refractivity contribution < 1.29 is 0 Å². The van der Waals surface area contributed by atoms with Gasteiger partial charge in [-0.15, -0.1) is 0 Å². The summed E-state index contributed by atoms with van der Waals surface area (Å²) in [7, 11) is 0. The standard InChI is InChI=1S/C47H39N5/c1-29-46(2,3)36-23-16-26-39(40(36)47(29,4)5)51-37-24-14-12-21-32(37)34-27-28-35-33-22-13-15-25-38(33)52(42(35)41(34)51)45-49-43(30-17-8-6-9-18-30)48-44(50-45)31-19-10-7-11-20-31/h6-29H,1-5H3. The summed E-state index contributed by atoms with van der Waals surface area (Å²) >= 11 is 0. The molecule has 0 bridgehead atoms. The summed E-state index contributed by atoms with van der Waals surface area (Å²) in [6.07, 6.45) is 0. The largest absolute Gasteiger partial charge is 0.307 e. The smallest absolute Gasteiger partial charge is 0.238 e. The molecule has 0 fully saturated rings. The quantitative estimate of drug-likeness (QED) is 0.187. The summed E-state index contributed by atoms with van der Waals surface area (Å²) < 4.78 is 4.82. The topological polar surface area (TPSA) is 48.5 Å². The summed E-state index contributed by atoms with van der Waals surface area (Å²) in [5.41, 5.74) is 10.4. The first-order valence-electron chi connectivity index (χ1n) is 18.2. The van der Waals surface area contributed by atoms with Gasteiger partial charge < -0.3 is 4.57 Å². The van der Waals surface area contributed by atoms with Gasteiger partial charge in [0.25, 0.3) is 0 Å². The third-order valence-electron chi connectivity index (χ3n) is 12.1. The lowest BCUT2D eigenvalue weighted by atomic mass is 9.71. The van der Waals surface area contributed by atoms with Crippen LogP contribution in [0.25, 0.3) is 78.0 Å². The lowest BCUT2D eigenvalue weighted by molar-refractivity contribution is 0.264. The van der Waals surface area contributed by atoms with E-state index in [4.69, 9.17) is 15.0 Å². The number of fused-ring (bicyclic) bond motifs is 8. The third kappa shape index (κ3) is 4.19. The van der Waals surface area contributed by atoms with Gasteiger partial charge in [0.2, 0.25) is 5.95 Å². The first-order chi connectivity index (χ1) is 25.2. The average molecular weight is 674 g/mol. The summed E-state index contributed by atoms with van der Waals surface area (Å²) in [5, 5.41) is 4.75. The fraction of sp³-hybridized carbons (Fsp3) is 0.170. The van der Waals surface area contributed by atoms with Gasteiger partial charge in [0, 0.05) is 32.7 Å². The number of hydrogen-bond acceptors (Lipinski definition) is 3. The van der Waals surface area contributed by atoms with Crippen LogP contribution in [-0.2, 0) is 10.8 Å². The second kappa shape index (κ2) is 11.0. The molecule has 0 saturated heterocycles. The highest BCUT2D eigenvalue weighted by atomic mass is 15.2. The predicted molar refractivity (Wildman–Crippen MR) is 215 cm³/mol. The molecular formula is C47H39N5. The van der Waals surface area contributed by atoms with E-state index in [0.29, 0.717) is 23.5 Å². The molecule has 0 saturated carbocycles. The molecule has 1 aliphatic rings. The molecule has 1 unspecified atom stereocenters. The van der Waals surface area contributed by atoms with Gasteiger partial charge in [0.05, 0.1) is 27.8 Å². The zero-order chi connectivity index (χ0) is 35.4. The first-order valence-corrected chi connectivity index (χ1v) is 18.2. The molecule has 1 atom stereocenters. The van der Waals surface area contributed by atoms with Gasteiger partial charge in [-0.05, 0) is 46.1 Å². The second-order valence-electron chi connectivity index (χ2n) is 15.4. The zero-order valence-electron chi connectivity index (χ0n) is 30.1. The number of hydrogen-bond donors (Lipinski definition) is 0. The summed E-state index contributed by atoms with van der Waals surface area (Å²) in [5.74, 6) is 2.33. The van der Waals surface area contributed by atoms with Crippen LogP contribution in [0.5, 0.6) is 0 Å². The van der Waals surface area contributed by atoms with E-state index in [0.717, 1.165) is 38.4 Å². The van der Waals surface area contributed by atoms with Gasteiger partial charge in [0.15, 0.2) is 11.6 Å². The summed E-state index contributed by atoms with van der Waals surface area (Å²) in [4.78, 5) is 15.6. The van der Waals surface area contributed by atoms with Crippen LogP contribution in [0, 0.1) is 5.92 Å². The van der Waals surface area contributed by atoms with Gasteiger partial charge in [0.1, 0.15) is 0 Å². The lowest BCUT2D eigenvalue weighted by Gasteiger charge is -2.33. The van der Waals surface area contributed by atoms with Gasteiger partial charge in [-0.25, -0.2) is 4.98 Å². The zero-order valence-corrected chi connectivity index (χ0v) is 30.1. The van der Waals surface area contributed by atoms with Crippen molar-refractivity contribution in [1.82, 2.24) is 24.1 Å². The van der Waals surface area contributed by atoms with E-state index in [2.05, 4.69) is 147 Å². The Morgan fingerprint density at radius 2 is 0.962 bits per heavy atom. The van der Waals surface area contributed by atoms with E-state index in [9.17, 15) is 0 Å². The van der Waals surface area contributed by atoms with Gasteiger partial charge in [-0.1, -0.05) is 156 Å². The van der Waals surface area contributed by atoms with Crippen molar-refractivity contribution in [2.45, 2.75) is 45.4 Å².